The summed E-state index contributed by atoms with van der Waals surface area (Å²) in [5, 5.41) is 11.5. The number of aromatic nitrogens is 4. The zero-order valence-electron chi connectivity index (χ0n) is 12.1. The van der Waals surface area contributed by atoms with Gasteiger partial charge in [0.1, 0.15) is 10.4 Å². The summed E-state index contributed by atoms with van der Waals surface area (Å²) in [6.45, 7) is 4.78. The van der Waals surface area contributed by atoms with Crippen molar-refractivity contribution in [3.05, 3.63) is 35.7 Å². The summed E-state index contributed by atoms with van der Waals surface area (Å²) < 4.78 is 33.9. The molecule has 1 N–H and O–H groups in total. The van der Waals surface area contributed by atoms with Crippen molar-refractivity contribution in [2.75, 3.05) is 0 Å². The number of sulfonamides is 1. The molecule has 0 bridgehead atoms. The van der Waals surface area contributed by atoms with Crippen LogP contribution in [0.25, 0.3) is 11.0 Å². The van der Waals surface area contributed by atoms with E-state index >= 15 is 0 Å². The Kier molecular flexibility index (Phi) is 3.67. The van der Waals surface area contributed by atoms with Gasteiger partial charge in [-0.15, -0.1) is 0 Å². The van der Waals surface area contributed by atoms with Crippen LogP contribution < -0.4 is 4.72 Å². The molecule has 8 nitrogen and oxygen atoms in total. The predicted molar refractivity (Wildman–Crippen MR) is 78.5 cm³/mol. The number of aryl methyl sites for hydroxylation is 1. The van der Waals surface area contributed by atoms with Crippen molar-refractivity contribution in [1.82, 2.24) is 24.8 Å². The second-order valence-corrected chi connectivity index (χ2v) is 6.52. The van der Waals surface area contributed by atoms with Crippen LogP contribution in [-0.2, 0) is 23.1 Å². The number of hydrogen-bond donors (Lipinski definition) is 1. The van der Waals surface area contributed by atoms with E-state index in [9.17, 15) is 8.42 Å². The summed E-state index contributed by atoms with van der Waals surface area (Å²) in [6, 6.07) is 4.71. The first-order chi connectivity index (χ1) is 10.5. The maximum absolute atomic E-state index is 12.5. The molecule has 3 rings (SSSR count). The minimum absolute atomic E-state index is 0.0480. The fourth-order valence-electron chi connectivity index (χ4n) is 2.23. The molecule has 0 radical (unpaired) electrons. The lowest BCUT2D eigenvalue weighted by Crippen LogP contribution is -2.23. The average molecular weight is 321 g/mol. The van der Waals surface area contributed by atoms with E-state index in [4.69, 9.17) is 0 Å². The molecule has 116 valence electrons. The van der Waals surface area contributed by atoms with Crippen molar-refractivity contribution in [1.29, 1.82) is 0 Å². The van der Waals surface area contributed by atoms with Gasteiger partial charge >= 0.3 is 0 Å². The lowest BCUT2D eigenvalue weighted by Gasteiger charge is -2.07. The quantitative estimate of drug-likeness (QED) is 0.758. The summed E-state index contributed by atoms with van der Waals surface area (Å²) in [5.74, 6) is 0. The molecule has 0 amide bonds. The van der Waals surface area contributed by atoms with Gasteiger partial charge in [0.15, 0.2) is 5.52 Å². The van der Waals surface area contributed by atoms with Gasteiger partial charge in [-0.05, 0) is 36.3 Å². The number of benzene rings is 1. The molecule has 0 saturated carbocycles. The summed E-state index contributed by atoms with van der Waals surface area (Å²) in [4.78, 5) is 0.0480. The van der Waals surface area contributed by atoms with Gasteiger partial charge in [0.05, 0.1) is 6.20 Å². The summed E-state index contributed by atoms with van der Waals surface area (Å²) in [7, 11) is -3.72. The molecule has 0 spiro atoms. The van der Waals surface area contributed by atoms with E-state index in [0.717, 1.165) is 17.8 Å². The van der Waals surface area contributed by atoms with Gasteiger partial charge < -0.3 is 0 Å². The molecular weight excluding hydrogens is 306 g/mol. The first kappa shape index (κ1) is 14.7. The van der Waals surface area contributed by atoms with Crippen molar-refractivity contribution in [2.24, 2.45) is 0 Å². The number of nitrogens with zero attached hydrogens (tertiary/aromatic N) is 4. The van der Waals surface area contributed by atoms with E-state index in [1.807, 2.05) is 18.5 Å². The molecule has 0 aliphatic rings. The van der Waals surface area contributed by atoms with Gasteiger partial charge in [-0.2, -0.15) is 5.10 Å². The minimum Gasteiger partial charge on any atom is -0.270 e. The van der Waals surface area contributed by atoms with Crippen LogP contribution in [0.5, 0.6) is 0 Å². The SMILES string of the molecule is CCn1ncc(CNS(=O)(=O)c2cccc3nonc23)c1C. The van der Waals surface area contributed by atoms with E-state index in [-0.39, 0.29) is 17.0 Å². The number of fused-ring (bicyclic) bond motifs is 1. The molecule has 0 saturated heterocycles. The Morgan fingerprint density at radius 3 is 2.86 bits per heavy atom. The normalized spacial score (nSPS) is 12.1. The molecule has 0 fully saturated rings. The molecule has 0 unspecified atom stereocenters. The highest BCUT2D eigenvalue weighted by molar-refractivity contribution is 7.89. The Balaban J connectivity index is 1.87. The van der Waals surface area contributed by atoms with Crippen LogP contribution in [0.3, 0.4) is 0 Å². The third-order valence-electron chi connectivity index (χ3n) is 3.50. The van der Waals surface area contributed by atoms with Crippen LogP contribution in [0.2, 0.25) is 0 Å². The van der Waals surface area contributed by atoms with Gasteiger partial charge in [0, 0.05) is 24.3 Å². The van der Waals surface area contributed by atoms with E-state index in [0.29, 0.717) is 5.52 Å². The highest BCUT2D eigenvalue weighted by atomic mass is 32.2. The second kappa shape index (κ2) is 5.50. The Morgan fingerprint density at radius 2 is 2.14 bits per heavy atom. The fourth-order valence-corrected chi connectivity index (χ4v) is 3.38. The Bertz CT molecular complexity index is 913. The lowest BCUT2D eigenvalue weighted by molar-refractivity contribution is 0.315. The summed E-state index contributed by atoms with van der Waals surface area (Å²) >= 11 is 0. The Hall–Kier alpha value is -2.26. The molecule has 22 heavy (non-hydrogen) atoms. The molecule has 3 aromatic rings. The van der Waals surface area contributed by atoms with Crippen molar-refractivity contribution in [2.45, 2.75) is 31.8 Å². The average Bonchev–Trinajstić information content (AvgIpc) is 3.11. The highest BCUT2D eigenvalue weighted by Crippen LogP contribution is 2.20. The topological polar surface area (TPSA) is 103 Å². The van der Waals surface area contributed by atoms with Gasteiger partial charge in [0.2, 0.25) is 10.0 Å². The van der Waals surface area contributed by atoms with Gasteiger partial charge in [-0.3, -0.25) is 4.68 Å². The van der Waals surface area contributed by atoms with Gasteiger partial charge in [-0.1, -0.05) is 6.07 Å². The molecule has 1 aromatic carbocycles. The first-order valence-corrected chi connectivity index (χ1v) is 8.23. The van der Waals surface area contributed by atoms with Crippen LogP contribution in [-0.4, -0.2) is 28.5 Å². The van der Waals surface area contributed by atoms with Gasteiger partial charge in [0.25, 0.3) is 0 Å². The van der Waals surface area contributed by atoms with E-state index in [1.165, 1.54) is 6.07 Å². The zero-order chi connectivity index (χ0) is 15.7. The van der Waals surface area contributed by atoms with Crippen molar-refractivity contribution >= 4 is 21.1 Å². The van der Waals surface area contributed by atoms with Crippen molar-refractivity contribution < 1.29 is 13.0 Å². The largest absolute Gasteiger partial charge is 0.270 e. The molecule has 0 aliphatic carbocycles. The number of nitrogens with one attached hydrogen (secondary N) is 1. The maximum atomic E-state index is 12.5. The van der Waals surface area contributed by atoms with Crippen molar-refractivity contribution in [3.8, 4) is 0 Å². The summed E-state index contributed by atoms with van der Waals surface area (Å²) in [5.41, 5.74) is 2.39. The number of rotatable bonds is 5. The monoisotopic (exact) mass is 321 g/mol. The van der Waals surface area contributed by atoms with E-state index < -0.39 is 10.0 Å². The molecule has 2 heterocycles. The molecule has 0 atom stereocenters. The standard InChI is InChI=1S/C13H15N5O3S/c1-3-18-9(2)10(7-14-18)8-15-22(19,20)12-6-4-5-11-13(12)17-21-16-11/h4-7,15H,3,8H2,1-2H3. The van der Waals surface area contributed by atoms with Gasteiger partial charge in [-0.25, -0.2) is 17.8 Å². The van der Waals surface area contributed by atoms with Crippen molar-refractivity contribution in [3.63, 3.8) is 0 Å². The minimum atomic E-state index is -3.72. The molecular formula is C13H15N5O3S. The van der Waals surface area contributed by atoms with E-state index in [2.05, 4.69) is 24.8 Å². The third-order valence-corrected chi connectivity index (χ3v) is 4.93. The Morgan fingerprint density at radius 1 is 1.32 bits per heavy atom. The molecule has 2 aromatic heterocycles. The zero-order valence-corrected chi connectivity index (χ0v) is 13.0. The second-order valence-electron chi connectivity index (χ2n) is 4.78. The van der Waals surface area contributed by atoms with E-state index in [1.54, 1.807) is 18.3 Å². The molecule has 0 aliphatic heterocycles. The highest BCUT2D eigenvalue weighted by Gasteiger charge is 2.20. The maximum Gasteiger partial charge on any atom is 0.243 e. The number of hydrogen-bond acceptors (Lipinski definition) is 6. The predicted octanol–water partition coefficient (Wildman–Crippen LogP) is 1.23. The van der Waals surface area contributed by atoms with Crippen LogP contribution in [0.1, 0.15) is 18.2 Å². The summed E-state index contributed by atoms with van der Waals surface area (Å²) in [6.07, 6.45) is 1.67. The van der Waals surface area contributed by atoms with Crippen LogP contribution in [0, 0.1) is 6.92 Å². The Labute approximate surface area is 127 Å². The smallest absolute Gasteiger partial charge is 0.243 e. The fraction of sp³-hybridized carbons (Fsp3) is 0.308. The third kappa shape index (κ3) is 2.48. The van der Waals surface area contributed by atoms with Crippen LogP contribution in [0.15, 0.2) is 33.9 Å². The van der Waals surface area contributed by atoms with Crippen LogP contribution >= 0.6 is 0 Å². The first-order valence-electron chi connectivity index (χ1n) is 6.75. The van der Waals surface area contributed by atoms with Crippen LogP contribution in [0.4, 0.5) is 0 Å². The lowest BCUT2D eigenvalue weighted by atomic mass is 10.3. The molecule has 9 heteroatoms.